The molecule has 0 saturated carbocycles. The Labute approximate surface area is 170 Å². The minimum atomic E-state index is -3.78. The summed E-state index contributed by atoms with van der Waals surface area (Å²) < 4.78 is 27.2. The molecule has 4 rings (SSSR count). The molecule has 0 aliphatic carbocycles. The zero-order valence-corrected chi connectivity index (χ0v) is 16.6. The van der Waals surface area contributed by atoms with E-state index in [4.69, 9.17) is 11.6 Å². The molecule has 0 bridgehead atoms. The molecule has 1 aliphatic rings. The van der Waals surface area contributed by atoms with Gasteiger partial charge in [-0.05, 0) is 36.4 Å². The minimum absolute atomic E-state index is 0.0658. The van der Waals surface area contributed by atoms with E-state index >= 15 is 0 Å². The van der Waals surface area contributed by atoms with Gasteiger partial charge in [0.25, 0.3) is 5.91 Å². The molecular weight excluding hydrogens is 420 g/mol. The van der Waals surface area contributed by atoms with Crippen LogP contribution in [-0.4, -0.2) is 64.8 Å². The van der Waals surface area contributed by atoms with Gasteiger partial charge in [0.2, 0.25) is 10.0 Å². The lowest BCUT2D eigenvalue weighted by Gasteiger charge is -2.34. The van der Waals surface area contributed by atoms with Gasteiger partial charge in [0.15, 0.2) is 0 Å². The molecule has 9 nitrogen and oxygen atoms in total. The number of benzene rings is 2. The van der Waals surface area contributed by atoms with E-state index in [1.54, 1.807) is 0 Å². The van der Waals surface area contributed by atoms with Crippen molar-refractivity contribution < 1.29 is 18.3 Å². The Morgan fingerprint density at radius 3 is 2.41 bits per heavy atom. The summed E-state index contributed by atoms with van der Waals surface area (Å²) in [5.41, 5.74) is 0.688. The third-order valence-corrected chi connectivity index (χ3v) is 7.06. The lowest BCUT2D eigenvalue weighted by Crippen LogP contribution is -2.50. The first-order valence-electron chi connectivity index (χ1n) is 8.76. The molecule has 2 heterocycles. The van der Waals surface area contributed by atoms with Gasteiger partial charge >= 0.3 is 5.69 Å². The first-order chi connectivity index (χ1) is 13.8. The fourth-order valence-electron chi connectivity index (χ4n) is 3.30. The third kappa shape index (κ3) is 3.61. The molecule has 0 unspecified atom stereocenters. The monoisotopic (exact) mass is 436 g/mol. The number of aromatic amines is 2. The van der Waals surface area contributed by atoms with Crippen LogP contribution in [0, 0.1) is 0 Å². The van der Waals surface area contributed by atoms with Gasteiger partial charge < -0.3 is 20.0 Å². The zero-order chi connectivity index (χ0) is 20.8. The normalized spacial score (nSPS) is 15.7. The molecule has 2 aromatic carbocycles. The highest BCUT2D eigenvalue weighted by atomic mass is 35.5. The quantitative estimate of drug-likeness (QED) is 0.571. The summed E-state index contributed by atoms with van der Waals surface area (Å²) in [5.74, 6) is -0.439. The number of aromatic hydroxyl groups is 1. The van der Waals surface area contributed by atoms with Crippen molar-refractivity contribution in [3.8, 4) is 5.75 Å². The van der Waals surface area contributed by atoms with Crippen LogP contribution in [0.15, 0.2) is 46.1 Å². The Bertz CT molecular complexity index is 1260. The summed E-state index contributed by atoms with van der Waals surface area (Å²) in [7, 11) is -3.78. The maximum atomic E-state index is 12.9. The number of carbonyl (C=O) groups is 1. The molecule has 11 heteroatoms. The molecule has 1 amide bonds. The lowest BCUT2D eigenvalue weighted by molar-refractivity contribution is 0.0697. The van der Waals surface area contributed by atoms with Crippen LogP contribution >= 0.6 is 11.6 Å². The number of amides is 1. The van der Waals surface area contributed by atoms with Gasteiger partial charge in [0.05, 0.1) is 26.5 Å². The molecular formula is C18H17ClN4O5S. The SMILES string of the molecule is O=C(c1cc(O)ccc1Cl)N1CCN(S(=O)(=O)c2ccc3[nH]c(=O)[nH]c3c2)CC1. The number of piperazine rings is 1. The van der Waals surface area contributed by atoms with Crippen LogP contribution in [0.4, 0.5) is 0 Å². The summed E-state index contributed by atoms with van der Waals surface area (Å²) in [6.45, 7) is 0.610. The van der Waals surface area contributed by atoms with Gasteiger partial charge in [-0.2, -0.15) is 4.31 Å². The molecule has 1 aromatic heterocycles. The first kappa shape index (κ1) is 19.5. The van der Waals surface area contributed by atoms with Crippen molar-refractivity contribution in [1.29, 1.82) is 0 Å². The first-order valence-corrected chi connectivity index (χ1v) is 10.6. The van der Waals surface area contributed by atoms with Crippen LogP contribution in [-0.2, 0) is 10.0 Å². The fraction of sp³-hybridized carbons (Fsp3) is 0.222. The molecule has 1 fully saturated rings. The summed E-state index contributed by atoms with van der Waals surface area (Å²) >= 11 is 6.05. The average molecular weight is 437 g/mol. The van der Waals surface area contributed by atoms with Crippen LogP contribution in [0.2, 0.25) is 5.02 Å². The van der Waals surface area contributed by atoms with Crippen molar-refractivity contribution in [1.82, 2.24) is 19.2 Å². The number of hydrogen-bond donors (Lipinski definition) is 3. The number of imidazole rings is 1. The second-order valence-electron chi connectivity index (χ2n) is 6.65. The predicted molar refractivity (Wildman–Crippen MR) is 107 cm³/mol. The Kier molecular flexibility index (Phi) is 4.85. The highest BCUT2D eigenvalue weighted by molar-refractivity contribution is 7.89. The van der Waals surface area contributed by atoms with Crippen molar-refractivity contribution in [2.24, 2.45) is 0 Å². The van der Waals surface area contributed by atoms with E-state index in [1.165, 1.54) is 45.6 Å². The molecule has 1 saturated heterocycles. The van der Waals surface area contributed by atoms with E-state index in [9.17, 15) is 23.1 Å². The van der Waals surface area contributed by atoms with Gasteiger partial charge in [0.1, 0.15) is 5.75 Å². The molecule has 152 valence electrons. The maximum Gasteiger partial charge on any atom is 0.323 e. The number of nitrogens with one attached hydrogen (secondary N) is 2. The predicted octanol–water partition coefficient (Wildman–Crippen LogP) is 1.36. The molecule has 29 heavy (non-hydrogen) atoms. The standard InChI is InChI=1S/C18H17ClN4O5S/c19-14-3-1-11(24)9-13(14)17(25)22-5-7-23(8-6-22)29(27,28)12-2-4-15-16(10-12)21-18(26)20-15/h1-4,9-10,24H,5-8H2,(H2,20,21,26). The Balaban J connectivity index is 1.51. The Hall–Kier alpha value is -2.82. The highest BCUT2D eigenvalue weighted by Gasteiger charge is 2.31. The second kappa shape index (κ2) is 7.21. The second-order valence-corrected chi connectivity index (χ2v) is 8.99. The van der Waals surface area contributed by atoms with E-state index in [2.05, 4.69) is 9.97 Å². The number of hydrogen-bond acceptors (Lipinski definition) is 5. The summed E-state index contributed by atoms with van der Waals surface area (Å²) in [4.78, 5) is 30.7. The summed E-state index contributed by atoms with van der Waals surface area (Å²) in [5, 5.41) is 9.81. The smallest absolute Gasteiger partial charge is 0.323 e. The number of nitrogens with zero attached hydrogens (tertiary/aromatic N) is 2. The highest BCUT2D eigenvalue weighted by Crippen LogP contribution is 2.25. The number of rotatable bonds is 3. The molecule has 0 radical (unpaired) electrons. The van der Waals surface area contributed by atoms with E-state index in [-0.39, 0.29) is 53.3 Å². The van der Waals surface area contributed by atoms with Gasteiger partial charge in [-0.25, -0.2) is 13.2 Å². The van der Waals surface area contributed by atoms with Gasteiger partial charge in [0, 0.05) is 26.2 Å². The molecule has 3 N–H and O–H groups in total. The van der Waals surface area contributed by atoms with E-state index in [0.717, 1.165) is 0 Å². The number of phenolic OH excluding ortho intramolecular Hbond substituents is 1. The van der Waals surface area contributed by atoms with Crippen LogP contribution in [0.3, 0.4) is 0 Å². The van der Waals surface area contributed by atoms with Gasteiger partial charge in [-0.3, -0.25) is 4.79 Å². The van der Waals surface area contributed by atoms with Crippen LogP contribution in [0.25, 0.3) is 11.0 Å². The number of phenols is 1. The average Bonchev–Trinajstić information content (AvgIpc) is 3.08. The Morgan fingerprint density at radius 2 is 1.69 bits per heavy atom. The maximum absolute atomic E-state index is 12.9. The number of aromatic nitrogens is 2. The molecule has 0 spiro atoms. The topological polar surface area (TPSA) is 127 Å². The molecule has 3 aromatic rings. The van der Waals surface area contributed by atoms with Crippen molar-refractivity contribution in [2.75, 3.05) is 26.2 Å². The largest absolute Gasteiger partial charge is 0.508 e. The van der Waals surface area contributed by atoms with Crippen molar-refractivity contribution in [3.63, 3.8) is 0 Å². The van der Waals surface area contributed by atoms with E-state index in [0.29, 0.717) is 11.0 Å². The van der Waals surface area contributed by atoms with E-state index < -0.39 is 15.7 Å². The third-order valence-electron chi connectivity index (χ3n) is 4.83. The van der Waals surface area contributed by atoms with E-state index in [1.807, 2.05) is 0 Å². The van der Waals surface area contributed by atoms with Crippen LogP contribution < -0.4 is 5.69 Å². The van der Waals surface area contributed by atoms with Gasteiger partial charge in [-0.15, -0.1) is 0 Å². The minimum Gasteiger partial charge on any atom is -0.508 e. The van der Waals surface area contributed by atoms with Crippen molar-refractivity contribution in [3.05, 3.63) is 57.5 Å². The zero-order valence-electron chi connectivity index (χ0n) is 15.1. The van der Waals surface area contributed by atoms with Crippen molar-refractivity contribution >= 4 is 38.6 Å². The Morgan fingerprint density at radius 1 is 1.00 bits per heavy atom. The number of halogens is 1. The number of fused-ring (bicyclic) bond motifs is 1. The van der Waals surface area contributed by atoms with Crippen LogP contribution in [0.1, 0.15) is 10.4 Å². The summed E-state index contributed by atoms with van der Waals surface area (Å²) in [6, 6.07) is 8.49. The van der Waals surface area contributed by atoms with Crippen molar-refractivity contribution in [2.45, 2.75) is 4.90 Å². The fourth-order valence-corrected chi connectivity index (χ4v) is 4.95. The summed E-state index contributed by atoms with van der Waals surface area (Å²) in [6.07, 6.45) is 0. The molecule has 1 aliphatic heterocycles. The number of carbonyl (C=O) groups excluding carboxylic acids is 1. The number of H-pyrrole nitrogens is 2. The van der Waals surface area contributed by atoms with Crippen LogP contribution in [0.5, 0.6) is 5.75 Å². The van der Waals surface area contributed by atoms with Gasteiger partial charge in [-0.1, -0.05) is 11.6 Å². The molecule has 0 atom stereocenters. The lowest BCUT2D eigenvalue weighted by atomic mass is 10.1. The number of sulfonamides is 1.